The monoisotopic (exact) mass is 392 g/mol. The Balaban J connectivity index is 1.74. The lowest BCUT2D eigenvalue weighted by Gasteiger charge is -2.27. The molecule has 6 heteroatoms. The third-order valence-corrected chi connectivity index (χ3v) is 5.55. The molecule has 0 bridgehead atoms. The molecule has 1 saturated heterocycles. The second-order valence-electron chi connectivity index (χ2n) is 7.96. The Bertz CT molecular complexity index is 1180. The maximum Gasteiger partial charge on any atom is 0.303 e. The minimum atomic E-state index is -0.738. The third-order valence-electron chi connectivity index (χ3n) is 5.55. The lowest BCUT2D eigenvalue weighted by atomic mass is 9.87. The van der Waals surface area contributed by atoms with Crippen molar-refractivity contribution in [3.05, 3.63) is 64.3 Å². The largest absolute Gasteiger partial charge is 0.464 e. The summed E-state index contributed by atoms with van der Waals surface area (Å²) in [6, 6.07) is 14.4. The Morgan fingerprint density at radius 1 is 1.10 bits per heavy atom. The normalized spacial score (nSPS) is 24.0. The van der Waals surface area contributed by atoms with Crippen LogP contribution in [0.4, 0.5) is 0 Å². The van der Waals surface area contributed by atoms with Gasteiger partial charge in [0.25, 0.3) is 0 Å². The van der Waals surface area contributed by atoms with E-state index < -0.39 is 24.0 Å². The molecule has 6 nitrogen and oxygen atoms in total. The number of hydrogen-bond acceptors (Lipinski definition) is 6. The molecule has 0 saturated carbocycles. The summed E-state index contributed by atoms with van der Waals surface area (Å²) in [5.74, 6) is 0.268. The Hall–Kier alpha value is -3.12. The van der Waals surface area contributed by atoms with Crippen LogP contribution in [0.1, 0.15) is 32.3 Å². The van der Waals surface area contributed by atoms with Gasteiger partial charge in [-0.05, 0) is 26.0 Å². The van der Waals surface area contributed by atoms with E-state index in [1.165, 1.54) is 13.0 Å². The molecule has 2 aliphatic heterocycles. The molecule has 0 amide bonds. The van der Waals surface area contributed by atoms with Gasteiger partial charge in [0.2, 0.25) is 6.29 Å². The Kier molecular flexibility index (Phi) is 3.83. The molecule has 0 aliphatic carbocycles. The number of esters is 1. The molecule has 3 atom stereocenters. The number of carbonyl (C=O) groups excluding carboxylic acids is 1. The van der Waals surface area contributed by atoms with Crippen LogP contribution in [0.2, 0.25) is 0 Å². The topological polar surface area (TPSA) is 75.0 Å². The van der Waals surface area contributed by atoms with Crippen LogP contribution < -0.4 is 10.2 Å². The zero-order valence-corrected chi connectivity index (χ0v) is 16.3. The molecule has 1 aromatic heterocycles. The predicted molar refractivity (Wildman–Crippen MR) is 106 cm³/mol. The second kappa shape index (κ2) is 6.19. The number of hydrogen-bond donors (Lipinski definition) is 0. The summed E-state index contributed by atoms with van der Waals surface area (Å²) >= 11 is 0. The van der Waals surface area contributed by atoms with E-state index in [9.17, 15) is 9.59 Å². The molecule has 0 spiro atoms. The van der Waals surface area contributed by atoms with E-state index in [0.29, 0.717) is 28.0 Å². The van der Waals surface area contributed by atoms with Gasteiger partial charge in [-0.1, -0.05) is 30.3 Å². The average Bonchev–Trinajstić information content (AvgIpc) is 3.14. The van der Waals surface area contributed by atoms with Crippen LogP contribution in [0.5, 0.6) is 5.75 Å². The molecule has 3 heterocycles. The van der Waals surface area contributed by atoms with E-state index in [4.69, 9.17) is 18.6 Å². The molecule has 0 unspecified atom stereocenters. The Labute approximate surface area is 167 Å². The van der Waals surface area contributed by atoms with E-state index in [1.54, 1.807) is 12.1 Å². The van der Waals surface area contributed by atoms with Gasteiger partial charge in [-0.3, -0.25) is 9.59 Å². The second-order valence-corrected chi connectivity index (χ2v) is 7.96. The molecule has 0 N–H and O–H groups in total. The number of carbonyl (C=O) groups is 1. The molecular weight excluding hydrogens is 372 g/mol. The van der Waals surface area contributed by atoms with Crippen molar-refractivity contribution in [3.8, 4) is 17.1 Å². The van der Waals surface area contributed by atoms with Gasteiger partial charge in [0.15, 0.2) is 5.43 Å². The molecule has 0 radical (unpaired) electrons. The van der Waals surface area contributed by atoms with E-state index >= 15 is 0 Å². The molecular formula is C23H20O6. The highest BCUT2D eigenvalue weighted by Gasteiger charge is 2.58. The zero-order valence-electron chi connectivity index (χ0n) is 16.3. The van der Waals surface area contributed by atoms with Crippen LogP contribution in [0.25, 0.3) is 22.3 Å². The summed E-state index contributed by atoms with van der Waals surface area (Å²) in [4.78, 5) is 24.6. The van der Waals surface area contributed by atoms with E-state index in [1.807, 2.05) is 44.2 Å². The quantitative estimate of drug-likeness (QED) is 0.614. The highest BCUT2D eigenvalue weighted by Crippen LogP contribution is 2.53. The van der Waals surface area contributed by atoms with Crippen molar-refractivity contribution in [2.45, 2.75) is 44.7 Å². The Morgan fingerprint density at radius 3 is 2.59 bits per heavy atom. The fourth-order valence-electron chi connectivity index (χ4n) is 4.30. The average molecular weight is 392 g/mol. The lowest BCUT2D eigenvalue weighted by Crippen LogP contribution is -2.38. The molecule has 5 rings (SSSR count). The summed E-state index contributed by atoms with van der Waals surface area (Å²) < 4.78 is 23.9. The number of ether oxygens (including phenoxy) is 3. The lowest BCUT2D eigenvalue weighted by molar-refractivity contribution is -0.159. The molecule has 1 fully saturated rings. The SMILES string of the molecule is CC(=O)O[C@H]1[C@@H]2c3c(ccc4c(=O)cc(-c5ccccc5)oc34)O[C@H]2OC1(C)C. The maximum absolute atomic E-state index is 12.8. The Morgan fingerprint density at radius 2 is 1.86 bits per heavy atom. The fourth-order valence-corrected chi connectivity index (χ4v) is 4.30. The van der Waals surface area contributed by atoms with Crippen molar-refractivity contribution in [1.82, 2.24) is 0 Å². The smallest absolute Gasteiger partial charge is 0.303 e. The van der Waals surface area contributed by atoms with Crippen LogP contribution in [0, 0.1) is 0 Å². The molecule has 148 valence electrons. The predicted octanol–water partition coefficient (Wildman–Crippen LogP) is 4.00. The highest BCUT2D eigenvalue weighted by atomic mass is 16.7. The molecule has 3 aromatic rings. The van der Waals surface area contributed by atoms with E-state index in [-0.39, 0.29) is 11.3 Å². The van der Waals surface area contributed by atoms with E-state index in [2.05, 4.69) is 0 Å². The van der Waals surface area contributed by atoms with Crippen LogP contribution >= 0.6 is 0 Å². The summed E-state index contributed by atoms with van der Waals surface area (Å²) in [7, 11) is 0. The minimum Gasteiger partial charge on any atom is -0.464 e. The highest BCUT2D eigenvalue weighted by molar-refractivity contribution is 5.85. The summed E-state index contributed by atoms with van der Waals surface area (Å²) in [5, 5.41) is 0.457. The first-order valence-electron chi connectivity index (χ1n) is 9.53. The zero-order chi connectivity index (χ0) is 20.3. The van der Waals surface area contributed by atoms with Gasteiger partial charge in [-0.2, -0.15) is 0 Å². The number of rotatable bonds is 2. The van der Waals surface area contributed by atoms with Crippen molar-refractivity contribution >= 4 is 16.9 Å². The van der Waals surface area contributed by atoms with Gasteiger partial charge in [0.1, 0.15) is 28.8 Å². The maximum atomic E-state index is 12.8. The van der Waals surface area contributed by atoms with Crippen LogP contribution in [0.3, 0.4) is 0 Å². The summed E-state index contributed by atoms with van der Waals surface area (Å²) in [5.41, 5.74) is 1.08. The van der Waals surface area contributed by atoms with Crippen molar-refractivity contribution in [2.75, 3.05) is 0 Å². The van der Waals surface area contributed by atoms with E-state index in [0.717, 1.165) is 5.56 Å². The first-order valence-corrected chi connectivity index (χ1v) is 9.53. The number of fused-ring (bicyclic) bond motifs is 5. The van der Waals surface area contributed by atoms with Gasteiger partial charge in [0, 0.05) is 18.6 Å². The molecule has 29 heavy (non-hydrogen) atoms. The van der Waals surface area contributed by atoms with Gasteiger partial charge in [0.05, 0.1) is 16.9 Å². The molecule has 2 aromatic carbocycles. The van der Waals surface area contributed by atoms with Crippen LogP contribution in [-0.4, -0.2) is 24.0 Å². The van der Waals surface area contributed by atoms with Gasteiger partial charge < -0.3 is 18.6 Å². The van der Waals surface area contributed by atoms with Gasteiger partial charge in [-0.25, -0.2) is 0 Å². The minimum absolute atomic E-state index is 0.140. The van der Waals surface area contributed by atoms with Crippen molar-refractivity contribution in [2.24, 2.45) is 0 Å². The third kappa shape index (κ3) is 2.75. The van der Waals surface area contributed by atoms with Gasteiger partial charge in [-0.15, -0.1) is 0 Å². The first-order chi connectivity index (χ1) is 13.8. The number of benzene rings is 2. The summed E-state index contributed by atoms with van der Waals surface area (Å²) in [6.07, 6.45) is -1.18. The van der Waals surface area contributed by atoms with Crippen LogP contribution in [0.15, 0.2) is 57.7 Å². The molecule has 2 aliphatic rings. The fraction of sp³-hybridized carbons (Fsp3) is 0.304. The van der Waals surface area contributed by atoms with Crippen molar-refractivity contribution in [1.29, 1.82) is 0 Å². The van der Waals surface area contributed by atoms with Gasteiger partial charge >= 0.3 is 5.97 Å². The van der Waals surface area contributed by atoms with Crippen molar-refractivity contribution in [3.63, 3.8) is 0 Å². The van der Waals surface area contributed by atoms with Crippen molar-refractivity contribution < 1.29 is 23.4 Å². The standard InChI is InChI=1S/C23H20O6/c1-12(24)26-21-19-18-16(28-22(19)29-23(21,2)3)10-9-14-15(25)11-17(27-20(14)18)13-7-5-4-6-8-13/h4-11,19,21-22H,1-3H3/t19-,21-,22-/m0/s1. The van der Waals surface area contributed by atoms with Crippen LogP contribution in [-0.2, 0) is 14.3 Å². The summed E-state index contributed by atoms with van der Waals surface area (Å²) in [6.45, 7) is 5.09. The first kappa shape index (κ1) is 17.9.